The van der Waals surface area contributed by atoms with E-state index in [0.717, 1.165) is 16.8 Å². The molecule has 1 aromatic heterocycles. The Bertz CT molecular complexity index is 1190. The van der Waals surface area contributed by atoms with Gasteiger partial charge < -0.3 is 15.1 Å². The van der Waals surface area contributed by atoms with Gasteiger partial charge in [0.15, 0.2) is 23.3 Å². The van der Waals surface area contributed by atoms with Gasteiger partial charge in [-0.2, -0.15) is 0 Å². The molecule has 0 spiro atoms. The molecule has 1 aromatic carbocycles. The van der Waals surface area contributed by atoms with Crippen LogP contribution >= 0.6 is 0 Å². The first-order valence-electron chi connectivity index (χ1n) is 10.3. The summed E-state index contributed by atoms with van der Waals surface area (Å²) in [6.45, 7) is 10.8. The predicted molar refractivity (Wildman–Crippen MR) is 117 cm³/mol. The van der Waals surface area contributed by atoms with Crippen molar-refractivity contribution in [2.45, 2.75) is 54.4 Å². The lowest BCUT2D eigenvalue weighted by atomic mass is 9.90. The molecule has 1 aliphatic heterocycles. The summed E-state index contributed by atoms with van der Waals surface area (Å²) in [6.07, 6.45) is 1.10. The van der Waals surface area contributed by atoms with Gasteiger partial charge in [-0.15, -0.1) is 0 Å². The zero-order valence-corrected chi connectivity index (χ0v) is 18.9. The molecule has 0 amide bonds. The van der Waals surface area contributed by atoms with Crippen LogP contribution in [0.25, 0.3) is 5.57 Å². The van der Waals surface area contributed by atoms with E-state index in [9.17, 15) is 13.2 Å². The Balaban J connectivity index is 2.63. The van der Waals surface area contributed by atoms with E-state index in [-0.39, 0.29) is 17.0 Å². The first-order valence-corrected chi connectivity index (χ1v) is 10.3. The number of aromatic nitrogens is 1. The number of hydrogen-bond acceptors (Lipinski definition) is 2. The van der Waals surface area contributed by atoms with E-state index in [1.165, 1.54) is 7.55 Å². The van der Waals surface area contributed by atoms with Crippen molar-refractivity contribution in [3.8, 4) is 0 Å². The zero-order valence-electron chi connectivity index (χ0n) is 18.9. The molecule has 169 valence electrons. The highest BCUT2D eigenvalue weighted by atomic mass is 19.2. The smallest absolute Gasteiger partial charge is 0.398 e. The van der Waals surface area contributed by atoms with Crippen LogP contribution in [0.4, 0.5) is 22.0 Å². The standard InChI is InChI=1S/C23H24BF5N3/c1-7-13-9(3)22(30)16(15-17(25)19(27)21(29)20(28)18(15)26)23-10(4)14(8-2)12(6)32(23)24-31-11(13)5/h7-8,30H2,1-6H3/b13-9?,22-16-,31-11?. The molecular weight excluding hydrogens is 424 g/mol. The predicted octanol–water partition coefficient (Wildman–Crippen LogP) is 5.66. The molecule has 0 aliphatic carbocycles. The van der Waals surface area contributed by atoms with Crippen molar-refractivity contribution in [1.82, 2.24) is 4.48 Å². The van der Waals surface area contributed by atoms with Crippen molar-refractivity contribution in [3.63, 3.8) is 0 Å². The summed E-state index contributed by atoms with van der Waals surface area (Å²) in [5.41, 5.74) is 9.39. The molecule has 9 heteroatoms. The summed E-state index contributed by atoms with van der Waals surface area (Å²) in [4.78, 5) is 4.51. The molecule has 0 saturated heterocycles. The molecular formula is C23H24BF5N3. The van der Waals surface area contributed by atoms with Crippen molar-refractivity contribution >= 4 is 18.8 Å². The molecule has 0 atom stereocenters. The van der Waals surface area contributed by atoms with Crippen molar-refractivity contribution in [1.29, 1.82) is 0 Å². The Kier molecular flexibility index (Phi) is 6.40. The highest BCUT2D eigenvalue weighted by Gasteiger charge is 2.33. The van der Waals surface area contributed by atoms with Crippen LogP contribution in [0.3, 0.4) is 0 Å². The minimum atomic E-state index is -2.21. The number of nitrogens with two attached hydrogens (primary N) is 1. The Morgan fingerprint density at radius 3 is 1.88 bits per heavy atom. The minimum absolute atomic E-state index is 0.0700. The van der Waals surface area contributed by atoms with Crippen LogP contribution in [0.15, 0.2) is 21.7 Å². The first kappa shape index (κ1) is 23.8. The van der Waals surface area contributed by atoms with Gasteiger partial charge in [0.2, 0.25) is 5.82 Å². The highest BCUT2D eigenvalue weighted by Crippen LogP contribution is 2.39. The molecule has 0 bridgehead atoms. The third kappa shape index (κ3) is 3.38. The SMILES string of the molecule is CCC1=C(C)/C(N)=C(\c2c(F)c(F)c(F)c(F)c2F)c2c(C)c(CC)c(C)n2[B]N=C1C. The van der Waals surface area contributed by atoms with E-state index in [2.05, 4.69) is 4.90 Å². The van der Waals surface area contributed by atoms with Crippen LogP contribution in [0.5, 0.6) is 0 Å². The van der Waals surface area contributed by atoms with Gasteiger partial charge in [0.25, 0.3) is 0 Å². The molecule has 0 fully saturated rings. The van der Waals surface area contributed by atoms with Crippen molar-refractivity contribution < 1.29 is 22.0 Å². The number of nitrogens with zero attached hydrogens (tertiary/aromatic N) is 2. The van der Waals surface area contributed by atoms with Gasteiger partial charge in [-0.05, 0) is 62.8 Å². The molecule has 1 aliphatic rings. The van der Waals surface area contributed by atoms with Crippen LogP contribution in [-0.2, 0) is 6.42 Å². The van der Waals surface area contributed by atoms with Gasteiger partial charge in [-0.25, -0.2) is 22.0 Å². The van der Waals surface area contributed by atoms with Crippen LogP contribution < -0.4 is 5.73 Å². The summed E-state index contributed by atoms with van der Waals surface area (Å²) in [5, 5.41) is 0. The maximum absolute atomic E-state index is 15.0. The summed E-state index contributed by atoms with van der Waals surface area (Å²) in [5.74, 6) is -10.1. The van der Waals surface area contributed by atoms with Crippen LogP contribution in [0.1, 0.15) is 62.2 Å². The lowest BCUT2D eigenvalue weighted by Crippen LogP contribution is -2.17. The monoisotopic (exact) mass is 448 g/mol. The number of fused-ring (bicyclic) bond motifs is 1. The molecule has 2 heterocycles. The molecule has 3 rings (SSSR count). The van der Waals surface area contributed by atoms with Crippen molar-refractivity contribution in [2.75, 3.05) is 0 Å². The van der Waals surface area contributed by atoms with Gasteiger partial charge in [-0.1, -0.05) is 13.8 Å². The quantitative estimate of drug-likeness (QED) is 0.280. The van der Waals surface area contributed by atoms with Gasteiger partial charge in [0, 0.05) is 28.4 Å². The maximum atomic E-state index is 15.0. The second-order valence-corrected chi connectivity index (χ2v) is 7.78. The fourth-order valence-electron chi connectivity index (χ4n) is 4.45. The third-order valence-corrected chi connectivity index (χ3v) is 6.18. The molecule has 2 N–H and O–H groups in total. The first-order chi connectivity index (χ1) is 15.0. The van der Waals surface area contributed by atoms with Crippen molar-refractivity contribution in [3.05, 3.63) is 74.0 Å². The Morgan fingerprint density at radius 2 is 1.38 bits per heavy atom. The maximum Gasteiger partial charge on any atom is 0.416 e. The fourth-order valence-corrected chi connectivity index (χ4v) is 4.45. The van der Waals surface area contributed by atoms with E-state index in [0.29, 0.717) is 29.7 Å². The summed E-state index contributed by atoms with van der Waals surface area (Å²) < 4.78 is 73.8. The number of hydrogen-bond donors (Lipinski definition) is 1. The summed E-state index contributed by atoms with van der Waals surface area (Å²) in [6, 6.07) is 0. The van der Waals surface area contributed by atoms with E-state index in [1.807, 2.05) is 20.8 Å². The average Bonchev–Trinajstić information content (AvgIpc) is 3.01. The Labute approximate surface area is 184 Å². The molecule has 3 nitrogen and oxygen atoms in total. The largest absolute Gasteiger partial charge is 0.416 e. The number of halogens is 5. The fraction of sp³-hybridized carbons (Fsp3) is 0.348. The third-order valence-electron chi connectivity index (χ3n) is 6.18. The van der Waals surface area contributed by atoms with Crippen LogP contribution in [-0.4, -0.2) is 17.7 Å². The van der Waals surface area contributed by atoms with Crippen molar-refractivity contribution in [2.24, 2.45) is 10.6 Å². The second kappa shape index (κ2) is 8.60. The lowest BCUT2D eigenvalue weighted by Gasteiger charge is -2.19. The second-order valence-electron chi connectivity index (χ2n) is 7.78. The molecule has 2 aromatic rings. The van der Waals surface area contributed by atoms with Gasteiger partial charge in [0.05, 0.1) is 5.56 Å². The van der Waals surface area contributed by atoms with E-state index < -0.39 is 34.6 Å². The van der Waals surface area contributed by atoms with Gasteiger partial charge in [-0.3, -0.25) is 0 Å². The van der Waals surface area contributed by atoms with Gasteiger partial charge >= 0.3 is 7.55 Å². The normalized spacial score (nSPS) is 16.9. The topological polar surface area (TPSA) is 43.3 Å². The highest BCUT2D eigenvalue weighted by molar-refractivity contribution is 6.36. The Hall–Kier alpha value is -2.84. The Morgan fingerprint density at radius 1 is 0.844 bits per heavy atom. The van der Waals surface area contributed by atoms with E-state index in [1.54, 1.807) is 25.2 Å². The minimum Gasteiger partial charge on any atom is -0.398 e. The summed E-state index contributed by atoms with van der Waals surface area (Å²) >= 11 is 0. The number of allylic oxidation sites excluding steroid dienone is 2. The molecule has 1 radical (unpaired) electrons. The van der Waals surface area contributed by atoms with E-state index in [4.69, 9.17) is 5.73 Å². The van der Waals surface area contributed by atoms with Crippen LogP contribution in [0.2, 0.25) is 0 Å². The molecule has 0 saturated carbocycles. The van der Waals surface area contributed by atoms with Gasteiger partial charge in [0.1, 0.15) is 0 Å². The van der Waals surface area contributed by atoms with E-state index >= 15 is 8.78 Å². The number of benzene rings is 1. The summed E-state index contributed by atoms with van der Waals surface area (Å²) in [7, 11) is 1.50. The average molecular weight is 448 g/mol. The zero-order chi connectivity index (χ0) is 24.1. The molecule has 32 heavy (non-hydrogen) atoms. The lowest BCUT2D eigenvalue weighted by molar-refractivity contribution is 0.376. The number of rotatable bonds is 3. The molecule has 0 unspecified atom stereocenters. The van der Waals surface area contributed by atoms with Crippen LogP contribution in [0, 0.1) is 42.9 Å².